The van der Waals surface area contributed by atoms with Crippen LogP contribution < -0.4 is 10.2 Å². The van der Waals surface area contributed by atoms with E-state index >= 15 is 0 Å². The topological polar surface area (TPSA) is 67.2 Å². The van der Waals surface area contributed by atoms with Crippen LogP contribution in [0.2, 0.25) is 0 Å². The Balaban J connectivity index is 1.34. The van der Waals surface area contributed by atoms with E-state index in [0.29, 0.717) is 30.6 Å². The molecule has 32 heavy (non-hydrogen) atoms. The minimum Gasteiger partial charge on any atom is -0.345 e. The Morgan fingerprint density at radius 2 is 1.75 bits per heavy atom. The fourth-order valence-corrected chi connectivity index (χ4v) is 4.55. The van der Waals surface area contributed by atoms with Crippen molar-refractivity contribution in [3.05, 3.63) is 77.1 Å². The summed E-state index contributed by atoms with van der Waals surface area (Å²) in [6, 6.07) is 10.1. The van der Waals surface area contributed by atoms with Gasteiger partial charge in [-0.3, -0.25) is 9.59 Å². The predicted molar refractivity (Wildman–Crippen MR) is 115 cm³/mol. The van der Waals surface area contributed by atoms with Crippen molar-refractivity contribution in [1.82, 2.24) is 15.1 Å². The molecule has 2 aliphatic rings. The van der Waals surface area contributed by atoms with Crippen LogP contribution in [0, 0.1) is 11.6 Å². The quantitative estimate of drug-likeness (QED) is 0.670. The zero-order chi connectivity index (χ0) is 22.2. The van der Waals surface area contributed by atoms with E-state index in [1.165, 1.54) is 12.1 Å². The van der Waals surface area contributed by atoms with Gasteiger partial charge in [0.2, 0.25) is 5.91 Å². The summed E-state index contributed by atoms with van der Waals surface area (Å²) < 4.78 is 28.9. The van der Waals surface area contributed by atoms with Gasteiger partial charge in [-0.05, 0) is 62.1 Å². The van der Waals surface area contributed by atoms with Gasteiger partial charge in [0.15, 0.2) is 0 Å². The van der Waals surface area contributed by atoms with Crippen LogP contribution in [0.15, 0.2) is 48.7 Å². The van der Waals surface area contributed by atoms with Gasteiger partial charge in [-0.1, -0.05) is 0 Å². The molecule has 1 atom stereocenters. The Hall–Kier alpha value is -3.55. The zero-order valence-electron chi connectivity index (χ0n) is 17.4. The van der Waals surface area contributed by atoms with Crippen molar-refractivity contribution >= 4 is 17.5 Å². The third kappa shape index (κ3) is 3.77. The van der Waals surface area contributed by atoms with Gasteiger partial charge in [0.25, 0.3) is 5.91 Å². The number of nitrogens with one attached hydrogen (secondary N) is 1. The molecule has 1 N–H and O–H groups in total. The fraction of sp³-hybridized carbons (Fsp3) is 0.292. The van der Waals surface area contributed by atoms with Crippen LogP contribution in [0.3, 0.4) is 0 Å². The van der Waals surface area contributed by atoms with Crippen molar-refractivity contribution < 1.29 is 18.4 Å². The summed E-state index contributed by atoms with van der Waals surface area (Å²) in [5.41, 5.74) is 3.32. The summed E-state index contributed by atoms with van der Waals surface area (Å²) in [6.07, 6.45) is 5.34. The first kappa shape index (κ1) is 20.4. The van der Waals surface area contributed by atoms with Gasteiger partial charge in [0.1, 0.15) is 11.6 Å². The highest BCUT2D eigenvalue weighted by atomic mass is 19.1. The number of hydrogen-bond acceptors (Lipinski definition) is 3. The van der Waals surface area contributed by atoms with Crippen molar-refractivity contribution in [2.75, 3.05) is 11.4 Å². The van der Waals surface area contributed by atoms with Crippen LogP contribution in [0.4, 0.5) is 14.5 Å². The van der Waals surface area contributed by atoms with E-state index in [1.54, 1.807) is 40.0 Å². The number of fused-ring (bicyclic) bond motifs is 1. The number of amides is 2. The Morgan fingerprint density at radius 1 is 1.00 bits per heavy atom. The molecular weight excluding hydrogens is 414 g/mol. The minimum absolute atomic E-state index is 0.104. The number of aromatic nitrogens is 2. The SMILES string of the molecule is O=C(N[C@H]1CCCc2c1cnn2-c1cc(F)cc(F)c1)c1ccc(N2CCCC2=O)cc1. The maximum Gasteiger partial charge on any atom is 0.251 e. The van der Waals surface area contributed by atoms with E-state index in [1.807, 2.05) is 0 Å². The van der Waals surface area contributed by atoms with Crippen LogP contribution in [0.1, 0.15) is 53.3 Å². The van der Waals surface area contributed by atoms with E-state index in [4.69, 9.17) is 0 Å². The number of hydrogen-bond donors (Lipinski definition) is 1. The maximum atomic E-state index is 13.7. The van der Waals surface area contributed by atoms with Gasteiger partial charge in [0.05, 0.1) is 17.9 Å². The highest BCUT2D eigenvalue weighted by molar-refractivity contribution is 5.97. The molecular formula is C24H22F2N4O2. The highest BCUT2D eigenvalue weighted by Gasteiger charge is 2.27. The Morgan fingerprint density at radius 3 is 2.44 bits per heavy atom. The maximum absolute atomic E-state index is 13.7. The molecule has 5 rings (SSSR count). The molecule has 1 fully saturated rings. The lowest BCUT2D eigenvalue weighted by Crippen LogP contribution is -2.31. The smallest absolute Gasteiger partial charge is 0.251 e. The standard InChI is InChI=1S/C24H22F2N4O2/c25-16-11-17(26)13-19(12-16)30-22-4-1-3-21(20(22)14-27-30)28-24(32)15-6-8-18(9-7-15)29-10-2-5-23(29)31/h6-9,11-14,21H,1-5,10H2,(H,28,32)/t21-/m0/s1. The van der Waals surface area contributed by atoms with Gasteiger partial charge in [-0.2, -0.15) is 5.10 Å². The third-order valence-electron chi connectivity index (χ3n) is 6.09. The molecule has 2 amide bonds. The molecule has 1 aliphatic carbocycles. The molecule has 1 saturated heterocycles. The number of carbonyl (C=O) groups excluding carboxylic acids is 2. The van der Waals surface area contributed by atoms with Gasteiger partial charge in [-0.15, -0.1) is 0 Å². The zero-order valence-corrected chi connectivity index (χ0v) is 17.4. The molecule has 0 saturated carbocycles. The molecule has 2 heterocycles. The van der Waals surface area contributed by atoms with Gasteiger partial charge in [-0.25, -0.2) is 13.5 Å². The van der Waals surface area contributed by atoms with E-state index < -0.39 is 11.6 Å². The Labute approximate surface area is 183 Å². The van der Waals surface area contributed by atoms with Crippen LogP contribution in [-0.2, 0) is 11.2 Å². The summed E-state index contributed by atoms with van der Waals surface area (Å²) in [6.45, 7) is 0.703. The number of carbonyl (C=O) groups is 2. The molecule has 2 aromatic carbocycles. The third-order valence-corrected chi connectivity index (χ3v) is 6.09. The first-order valence-electron chi connectivity index (χ1n) is 10.7. The summed E-state index contributed by atoms with van der Waals surface area (Å²) in [7, 11) is 0. The van der Waals surface area contributed by atoms with Crippen molar-refractivity contribution in [1.29, 1.82) is 0 Å². The monoisotopic (exact) mass is 436 g/mol. The van der Waals surface area contributed by atoms with Crippen LogP contribution >= 0.6 is 0 Å². The lowest BCUT2D eigenvalue weighted by atomic mass is 9.92. The second-order valence-corrected chi connectivity index (χ2v) is 8.20. The van der Waals surface area contributed by atoms with Gasteiger partial charge >= 0.3 is 0 Å². The number of rotatable bonds is 4. The normalized spacial score (nSPS) is 18.0. The summed E-state index contributed by atoms with van der Waals surface area (Å²) in [5, 5.41) is 7.39. The molecule has 6 nitrogen and oxygen atoms in total. The average molecular weight is 436 g/mol. The second-order valence-electron chi connectivity index (χ2n) is 8.20. The number of anilines is 1. The van der Waals surface area contributed by atoms with E-state index in [-0.39, 0.29) is 17.9 Å². The van der Waals surface area contributed by atoms with Gasteiger partial charge in [0, 0.05) is 41.5 Å². The molecule has 1 aromatic heterocycles. The Kier molecular flexibility index (Phi) is 5.20. The summed E-state index contributed by atoms with van der Waals surface area (Å²) in [5.74, 6) is -1.44. The van der Waals surface area contributed by atoms with Crippen molar-refractivity contribution in [2.24, 2.45) is 0 Å². The second kappa shape index (κ2) is 8.18. The van der Waals surface area contributed by atoms with Crippen LogP contribution in [-0.4, -0.2) is 28.1 Å². The number of halogens is 2. The van der Waals surface area contributed by atoms with Crippen LogP contribution in [0.5, 0.6) is 0 Å². The summed E-state index contributed by atoms with van der Waals surface area (Å²) in [4.78, 5) is 26.5. The fourth-order valence-electron chi connectivity index (χ4n) is 4.55. The number of benzene rings is 2. The lowest BCUT2D eigenvalue weighted by molar-refractivity contribution is -0.117. The molecule has 164 valence electrons. The lowest BCUT2D eigenvalue weighted by Gasteiger charge is -2.24. The predicted octanol–water partition coefficient (Wildman–Crippen LogP) is 4.08. The Bertz CT molecular complexity index is 1170. The van der Waals surface area contributed by atoms with Gasteiger partial charge < -0.3 is 10.2 Å². The van der Waals surface area contributed by atoms with E-state index in [0.717, 1.165) is 42.3 Å². The minimum atomic E-state index is -0.663. The van der Waals surface area contributed by atoms with Crippen LogP contribution in [0.25, 0.3) is 5.69 Å². The first-order valence-corrected chi connectivity index (χ1v) is 10.7. The highest BCUT2D eigenvalue weighted by Crippen LogP contribution is 2.32. The van der Waals surface area contributed by atoms with E-state index in [9.17, 15) is 18.4 Å². The molecule has 0 bridgehead atoms. The van der Waals surface area contributed by atoms with E-state index in [2.05, 4.69) is 10.4 Å². The van der Waals surface area contributed by atoms with Crippen molar-refractivity contribution in [2.45, 2.75) is 38.1 Å². The summed E-state index contributed by atoms with van der Waals surface area (Å²) >= 11 is 0. The largest absolute Gasteiger partial charge is 0.345 e. The molecule has 0 radical (unpaired) electrons. The number of nitrogens with zero attached hydrogens (tertiary/aromatic N) is 3. The average Bonchev–Trinajstić information content (AvgIpc) is 3.40. The first-order chi connectivity index (χ1) is 15.5. The van der Waals surface area contributed by atoms with Crippen molar-refractivity contribution in [3.63, 3.8) is 0 Å². The molecule has 8 heteroatoms. The molecule has 1 aliphatic heterocycles. The van der Waals surface area contributed by atoms with Crippen molar-refractivity contribution in [3.8, 4) is 5.69 Å². The molecule has 0 spiro atoms. The molecule has 3 aromatic rings. The molecule has 0 unspecified atom stereocenters.